The molecule has 0 bridgehead atoms. The third-order valence-corrected chi connectivity index (χ3v) is 4.72. The lowest BCUT2D eigenvalue weighted by molar-refractivity contribution is -0.137. The van der Waals surface area contributed by atoms with Gasteiger partial charge in [0.1, 0.15) is 23.4 Å². The quantitative estimate of drug-likeness (QED) is 0.690. The molecule has 0 N–H and O–H groups in total. The van der Waals surface area contributed by atoms with Crippen LogP contribution in [-0.2, 0) is 6.18 Å². The molecule has 6 nitrogen and oxygen atoms in total. The fraction of sp³-hybridized carbons (Fsp3) is 0.333. The molecule has 3 aromatic rings. The van der Waals surface area contributed by atoms with E-state index in [2.05, 4.69) is 15.2 Å². The second-order valence-corrected chi connectivity index (χ2v) is 6.48. The second-order valence-electron chi connectivity index (χ2n) is 6.48. The third-order valence-electron chi connectivity index (χ3n) is 4.72. The van der Waals surface area contributed by atoms with Gasteiger partial charge < -0.3 is 4.90 Å². The van der Waals surface area contributed by atoms with Gasteiger partial charge in [-0.1, -0.05) is 6.07 Å². The van der Waals surface area contributed by atoms with Crippen molar-refractivity contribution >= 4 is 11.5 Å². The van der Waals surface area contributed by atoms with Crippen molar-refractivity contribution in [2.75, 3.05) is 18.0 Å². The molecule has 1 saturated heterocycles. The van der Waals surface area contributed by atoms with Gasteiger partial charge in [0.05, 0.1) is 5.56 Å². The molecule has 0 amide bonds. The summed E-state index contributed by atoms with van der Waals surface area (Å²) in [5, 5.41) is 17.2. The van der Waals surface area contributed by atoms with Crippen LogP contribution in [0.1, 0.15) is 35.8 Å². The van der Waals surface area contributed by atoms with Crippen molar-refractivity contribution in [3.05, 3.63) is 53.6 Å². The fourth-order valence-corrected chi connectivity index (χ4v) is 3.41. The minimum absolute atomic E-state index is 0.0789. The van der Waals surface area contributed by atoms with Gasteiger partial charge in [0.2, 0.25) is 0 Å². The van der Waals surface area contributed by atoms with Crippen LogP contribution in [0.25, 0.3) is 5.65 Å². The third kappa shape index (κ3) is 3.30. The maximum absolute atomic E-state index is 13.1. The van der Waals surface area contributed by atoms with E-state index in [1.54, 1.807) is 12.1 Å². The molecule has 1 aliphatic rings. The molecule has 0 saturated carbocycles. The van der Waals surface area contributed by atoms with E-state index in [9.17, 15) is 13.2 Å². The highest BCUT2D eigenvalue weighted by Gasteiger charge is 2.32. The summed E-state index contributed by atoms with van der Waals surface area (Å²) in [5.41, 5.74) is -0.0100. The number of halogens is 3. The Morgan fingerprint density at radius 2 is 2.00 bits per heavy atom. The number of hydrogen-bond donors (Lipinski definition) is 0. The van der Waals surface area contributed by atoms with Gasteiger partial charge in [-0.15, -0.1) is 10.2 Å². The molecule has 4 rings (SSSR count). The van der Waals surface area contributed by atoms with E-state index < -0.39 is 11.7 Å². The molecule has 0 spiro atoms. The van der Waals surface area contributed by atoms with Crippen molar-refractivity contribution < 1.29 is 13.2 Å². The number of hydrogen-bond acceptors (Lipinski definition) is 5. The average molecular weight is 372 g/mol. The number of anilines is 1. The number of nitriles is 1. The van der Waals surface area contributed by atoms with Gasteiger partial charge >= 0.3 is 6.18 Å². The summed E-state index contributed by atoms with van der Waals surface area (Å²) in [4.78, 5) is 6.34. The minimum Gasteiger partial charge on any atom is -0.356 e. The van der Waals surface area contributed by atoms with Crippen molar-refractivity contribution in [3.8, 4) is 6.07 Å². The molecule has 1 unspecified atom stereocenters. The van der Waals surface area contributed by atoms with Crippen molar-refractivity contribution in [3.63, 3.8) is 0 Å². The Kier molecular flexibility index (Phi) is 4.18. The van der Waals surface area contributed by atoms with E-state index >= 15 is 0 Å². The Morgan fingerprint density at radius 3 is 2.78 bits per heavy atom. The molecule has 0 aliphatic carbocycles. The number of rotatable bonds is 2. The van der Waals surface area contributed by atoms with Crippen LogP contribution in [0.2, 0.25) is 0 Å². The summed E-state index contributed by atoms with van der Waals surface area (Å²) in [6.07, 6.45) is -1.73. The van der Waals surface area contributed by atoms with Gasteiger partial charge in [0.25, 0.3) is 0 Å². The lowest BCUT2D eigenvalue weighted by Crippen LogP contribution is -2.35. The number of piperidine rings is 1. The van der Waals surface area contributed by atoms with Crippen LogP contribution in [-0.4, -0.2) is 32.7 Å². The standard InChI is InChI=1S/C18H15F3N6/c19-18(20,21)13-6-7-16-24-25-17(27(16)11-13)12-3-2-8-26(10-12)15-5-1-4-14(9-22)23-15/h1,4-7,11-12H,2-3,8,10H2. The highest BCUT2D eigenvalue weighted by Crippen LogP contribution is 2.32. The highest BCUT2D eigenvalue weighted by atomic mass is 19.4. The summed E-state index contributed by atoms with van der Waals surface area (Å²) in [6.45, 7) is 1.32. The maximum atomic E-state index is 13.1. The minimum atomic E-state index is -4.42. The van der Waals surface area contributed by atoms with E-state index in [1.807, 2.05) is 17.0 Å². The fourth-order valence-electron chi connectivity index (χ4n) is 3.41. The van der Waals surface area contributed by atoms with Gasteiger partial charge in [-0.25, -0.2) is 4.98 Å². The van der Waals surface area contributed by atoms with Gasteiger partial charge in [-0.3, -0.25) is 4.40 Å². The van der Waals surface area contributed by atoms with Gasteiger partial charge in [0.15, 0.2) is 5.65 Å². The molecular weight excluding hydrogens is 357 g/mol. The number of aromatic nitrogens is 4. The Morgan fingerprint density at radius 1 is 1.15 bits per heavy atom. The molecule has 1 fully saturated rings. The molecular formula is C18H15F3N6. The second kappa shape index (κ2) is 6.54. The van der Waals surface area contributed by atoms with E-state index in [0.29, 0.717) is 29.5 Å². The first-order valence-electron chi connectivity index (χ1n) is 8.50. The zero-order valence-electron chi connectivity index (χ0n) is 14.2. The van der Waals surface area contributed by atoms with E-state index in [1.165, 1.54) is 10.5 Å². The zero-order valence-corrected chi connectivity index (χ0v) is 14.2. The largest absolute Gasteiger partial charge is 0.417 e. The monoisotopic (exact) mass is 372 g/mol. The smallest absolute Gasteiger partial charge is 0.356 e. The molecule has 0 radical (unpaired) electrons. The summed E-state index contributed by atoms with van der Waals surface area (Å²) >= 11 is 0. The molecule has 1 aliphatic heterocycles. The van der Waals surface area contributed by atoms with E-state index in [4.69, 9.17) is 5.26 Å². The van der Waals surface area contributed by atoms with Crippen molar-refractivity contribution in [2.45, 2.75) is 24.9 Å². The van der Waals surface area contributed by atoms with Crippen molar-refractivity contribution in [1.29, 1.82) is 5.26 Å². The van der Waals surface area contributed by atoms with Crippen LogP contribution in [0.15, 0.2) is 36.5 Å². The first kappa shape index (κ1) is 17.3. The van der Waals surface area contributed by atoms with Crippen LogP contribution in [0.5, 0.6) is 0 Å². The van der Waals surface area contributed by atoms with Crippen molar-refractivity contribution in [2.24, 2.45) is 0 Å². The predicted octanol–water partition coefficient (Wildman–Crippen LogP) is 3.40. The first-order valence-corrected chi connectivity index (χ1v) is 8.50. The number of pyridine rings is 2. The Hall–Kier alpha value is -3.15. The van der Waals surface area contributed by atoms with Crippen LogP contribution >= 0.6 is 0 Å². The van der Waals surface area contributed by atoms with E-state index in [-0.39, 0.29) is 5.92 Å². The summed E-state index contributed by atoms with van der Waals surface area (Å²) < 4.78 is 40.6. The van der Waals surface area contributed by atoms with Gasteiger partial charge in [-0.05, 0) is 37.1 Å². The lowest BCUT2D eigenvalue weighted by Gasteiger charge is -2.32. The lowest BCUT2D eigenvalue weighted by atomic mass is 9.97. The SMILES string of the molecule is N#Cc1cccc(N2CCCC(c3nnc4ccc(C(F)(F)F)cn34)C2)n1. The number of alkyl halides is 3. The van der Waals surface area contributed by atoms with Crippen molar-refractivity contribution in [1.82, 2.24) is 19.6 Å². The Bertz CT molecular complexity index is 1020. The summed E-state index contributed by atoms with van der Waals surface area (Å²) in [6, 6.07) is 9.59. The maximum Gasteiger partial charge on any atom is 0.417 e. The molecule has 138 valence electrons. The zero-order chi connectivity index (χ0) is 19.0. The van der Waals surface area contributed by atoms with E-state index in [0.717, 1.165) is 31.6 Å². The Balaban J connectivity index is 1.66. The topological polar surface area (TPSA) is 70.1 Å². The summed E-state index contributed by atoms with van der Waals surface area (Å²) in [5.74, 6) is 1.12. The predicted molar refractivity (Wildman–Crippen MR) is 91.1 cm³/mol. The van der Waals surface area contributed by atoms with Crippen LogP contribution in [0, 0.1) is 11.3 Å². The van der Waals surface area contributed by atoms with Crippen LogP contribution in [0.3, 0.4) is 0 Å². The molecule has 1 atom stereocenters. The molecule has 27 heavy (non-hydrogen) atoms. The Labute approximate surface area is 152 Å². The van der Waals surface area contributed by atoms with Gasteiger partial charge in [0, 0.05) is 25.2 Å². The number of nitrogens with zero attached hydrogens (tertiary/aromatic N) is 6. The van der Waals surface area contributed by atoms with Crippen LogP contribution < -0.4 is 4.90 Å². The first-order chi connectivity index (χ1) is 13.0. The average Bonchev–Trinajstić information content (AvgIpc) is 3.11. The van der Waals surface area contributed by atoms with Gasteiger partial charge in [-0.2, -0.15) is 18.4 Å². The molecule has 0 aromatic carbocycles. The molecule has 3 aromatic heterocycles. The molecule has 4 heterocycles. The highest BCUT2D eigenvalue weighted by molar-refractivity contribution is 5.44. The van der Waals surface area contributed by atoms with Crippen LogP contribution in [0.4, 0.5) is 19.0 Å². The molecule has 9 heteroatoms. The normalized spacial score (nSPS) is 17.9. The summed E-state index contributed by atoms with van der Waals surface area (Å²) in [7, 11) is 0. The number of fused-ring (bicyclic) bond motifs is 1.